The molecular formula is C27H32N4O4S. The van der Waals surface area contributed by atoms with Gasteiger partial charge in [-0.1, -0.05) is 42.5 Å². The van der Waals surface area contributed by atoms with E-state index in [0.717, 1.165) is 24.0 Å². The summed E-state index contributed by atoms with van der Waals surface area (Å²) in [6.45, 7) is 0.654. The van der Waals surface area contributed by atoms with E-state index in [0.29, 0.717) is 30.7 Å². The molecule has 1 heterocycles. The molecule has 36 heavy (non-hydrogen) atoms. The number of pyridine rings is 1. The zero-order chi connectivity index (χ0) is 25.4. The van der Waals surface area contributed by atoms with E-state index in [2.05, 4.69) is 31.9 Å². The van der Waals surface area contributed by atoms with Crippen molar-refractivity contribution in [3.05, 3.63) is 95.8 Å². The second-order valence-corrected chi connectivity index (χ2v) is 10.6. The second kappa shape index (κ2) is 11.6. The number of nitrogens with zero attached hydrogens (tertiary/aromatic N) is 1. The molecule has 1 saturated carbocycles. The molecule has 0 aliphatic heterocycles. The lowest BCUT2D eigenvalue weighted by Gasteiger charge is -2.41. The number of amides is 1. The Morgan fingerprint density at radius 3 is 2.36 bits per heavy atom. The molecule has 1 aliphatic carbocycles. The molecule has 0 unspecified atom stereocenters. The highest BCUT2D eigenvalue weighted by atomic mass is 32.2. The van der Waals surface area contributed by atoms with E-state index in [9.17, 15) is 13.2 Å². The molecule has 2 aromatic carbocycles. The topological polar surface area (TPSA) is 109 Å². The molecular weight excluding hydrogens is 476 g/mol. The van der Waals surface area contributed by atoms with Crippen molar-refractivity contribution in [2.45, 2.75) is 43.7 Å². The largest absolute Gasteiger partial charge is 0.496 e. The highest BCUT2D eigenvalue weighted by Crippen LogP contribution is 2.39. The fourth-order valence-corrected chi connectivity index (χ4v) is 5.88. The van der Waals surface area contributed by atoms with Crippen LogP contribution in [0.25, 0.3) is 0 Å². The van der Waals surface area contributed by atoms with Crippen molar-refractivity contribution in [2.24, 2.45) is 0 Å². The molecule has 3 N–H and O–H groups in total. The first kappa shape index (κ1) is 25.8. The van der Waals surface area contributed by atoms with Crippen LogP contribution >= 0.6 is 0 Å². The van der Waals surface area contributed by atoms with Gasteiger partial charge in [-0.3, -0.25) is 9.78 Å². The number of ether oxygens (including phenoxy) is 1. The van der Waals surface area contributed by atoms with Gasteiger partial charge in [0.05, 0.1) is 12.7 Å². The normalized spacial score (nSPS) is 20.0. The van der Waals surface area contributed by atoms with E-state index in [1.807, 2.05) is 30.3 Å². The van der Waals surface area contributed by atoms with Crippen LogP contribution in [0.15, 0.2) is 79.1 Å². The second-order valence-electron chi connectivity index (χ2n) is 9.10. The van der Waals surface area contributed by atoms with Gasteiger partial charge in [-0.2, -0.15) is 17.9 Å². The fraction of sp³-hybridized carbons (Fsp3) is 0.333. The molecule has 9 heteroatoms. The zero-order valence-electron chi connectivity index (χ0n) is 20.3. The first-order chi connectivity index (χ1) is 17.4. The summed E-state index contributed by atoms with van der Waals surface area (Å²) in [4.78, 5) is 16.9. The molecule has 4 rings (SSSR count). The van der Waals surface area contributed by atoms with Crippen LogP contribution in [-0.4, -0.2) is 39.0 Å². The number of nitrogens with one attached hydrogen (secondary N) is 3. The summed E-state index contributed by atoms with van der Waals surface area (Å²) < 4.78 is 36.0. The van der Waals surface area contributed by atoms with E-state index in [1.165, 1.54) is 0 Å². The standard InChI is InChI=1S/C27H32N4O4S/c1-35-25-10-6-5-9-24(25)26(32)29-20-27(22-7-3-2-4-8-22)15-11-23(12-16-27)31-36(33,34)30-19-21-13-17-28-18-14-21/h2-10,13-14,17-18,23,30-31H,11-12,15-16,19-20H2,1H3,(H,29,32)/t23-,27-. The summed E-state index contributed by atoms with van der Waals surface area (Å²) in [5.74, 6) is 0.340. The van der Waals surface area contributed by atoms with Crippen LogP contribution in [0.1, 0.15) is 47.2 Å². The molecule has 1 fully saturated rings. The quantitative estimate of drug-likeness (QED) is 0.389. The van der Waals surface area contributed by atoms with Gasteiger partial charge in [0, 0.05) is 36.9 Å². The summed E-state index contributed by atoms with van der Waals surface area (Å²) in [6.07, 6.45) is 6.06. The van der Waals surface area contributed by atoms with Crippen molar-refractivity contribution in [3.8, 4) is 5.75 Å². The van der Waals surface area contributed by atoms with Gasteiger partial charge in [0.15, 0.2) is 0 Å². The van der Waals surface area contributed by atoms with E-state index in [4.69, 9.17) is 4.74 Å². The number of rotatable bonds is 10. The number of aromatic nitrogens is 1. The highest BCUT2D eigenvalue weighted by molar-refractivity contribution is 7.87. The van der Waals surface area contributed by atoms with Crippen molar-refractivity contribution in [2.75, 3.05) is 13.7 Å². The Morgan fingerprint density at radius 1 is 1.00 bits per heavy atom. The van der Waals surface area contributed by atoms with Crippen LogP contribution in [0, 0.1) is 0 Å². The summed E-state index contributed by atoms with van der Waals surface area (Å²) in [5.41, 5.74) is 2.19. The Hall–Kier alpha value is -3.27. The zero-order valence-corrected chi connectivity index (χ0v) is 21.1. The van der Waals surface area contributed by atoms with Crippen LogP contribution in [-0.2, 0) is 22.2 Å². The maximum Gasteiger partial charge on any atom is 0.277 e. The lowest BCUT2D eigenvalue weighted by molar-refractivity contribution is 0.0932. The predicted octanol–water partition coefficient (Wildman–Crippen LogP) is 3.32. The van der Waals surface area contributed by atoms with Gasteiger partial charge in [-0.05, 0) is 61.1 Å². The van der Waals surface area contributed by atoms with Gasteiger partial charge in [0.2, 0.25) is 0 Å². The third-order valence-electron chi connectivity index (χ3n) is 6.81. The van der Waals surface area contributed by atoms with Crippen molar-refractivity contribution in [1.29, 1.82) is 0 Å². The maximum atomic E-state index is 13.0. The van der Waals surface area contributed by atoms with Crippen molar-refractivity contribution < 1.29 is 17.9 Å². The van der Waals surface area contributed by atoms with Gasteiger partial charge in [0.1, 0.15) is 5.75 Å². The van der Waals surface area contributed by atoms with Crippen molar-refractivity contribution in [3.63, 3.8) is 0 Å². The first-order valence-electron chi connectivity index (χ1n) is 12.0. The Bertz CT molecular complexity index is 1250. The Balaban J connectivity index is 1.41. The van der Waals surface area contributed by atoms with E-state index in [-0.39, 0.29) is 23.9 Å². The lowest BCUT2D eigenvalue weighted by atomic mass is 9.68. The monoisotopic (exact) mass is 508 g/mol. The van der Waals surface area contributed by atoms with Crippen LogP contribution < -0.4 is 19.5 Å². The molecule has 0 saturated heterocycles. The highest BCUT2D eigenvalue weighted by Gasteiger charge is 2.38. The average molecular weight is 509 g/mol. The van der Waals surface area contributed by atoms with Crippen molar-refractivity contribution in [1.82, 2.24) is 19.7 Å². The summed E-state index contributed by atoms with van der Waals surface area (Å²) in [5, 5.41) is 3.11. The fourth-order valence-electron chi connectivity index (χ4n) is 4.76. The van der Waals surface area contributed by atoms with Gasteiger partial charge >= 0.3 is 0 Å². The SMILES string of the molecule is COc1ccccc1C(=O)NC[C@]1(c2ccccc2)CC[C@H](NS(=O)(=O)NCc2ccncc2)CC1. The number of carbonyl (C=O) groups is 1. The third-order valence-corrected chi connectivity index (χ3v) is 7.97. The van der Waals surface area contributed by atoms with Crippen LogP contribution in [0.2, 0.25) is 0 Å². The predicted molar refractivity (Wildman–Crippen MR) is 139 cm³/mol. The minimum Gasteiger partial charge on any atom is -0.496 e. The number of benzene rings is 2. The molecule has 0 spiro atoms. The molecule has 3 aromatic rings. The minimum atomic E-state index is -3.65. The van der Waals surface area contributed by atoms with E-state index < -0.39 is 10.2 Å². The number of methoxy groups -OCH3 is 1. The molecule has 190 valence electrons. The van der Waals surface area contributed by atoms with Crippen LogP contribution in [0.5, 0.6) is 5.75 Å². The molecule has 0 atom stereocenters. The molecule has 1 aromatic heterocycles. The van der Waals surface area contributed by atoms with Crippen molar-refractivity contribution >= 4 is 16.1 Å². The molecule has 1 amide bonds. The van der Waals surface area contributed by atoms with Gasteiger partial charge < -0.3 is 10.1 Å². The van der Waals surface area contributed by atoms with Crippen LogP contribution in [0.4, 0.5) is 0 Å². The smallest absolute Gasteiger partial charge is 0.277 e. The first-order valence-corrected chi connectivity index (χ1v) is 13.5. The maximum absolute atomic E-state index is 13.0. The lowest BCUT2D eigenvalue weighted by Crippen LogP contribution is -2.49. The number of para-hydroxylation sites is 1. The molecule has 1 aliphatic rings. The minimum absolute atomic E-state index is 0.179. The summed E-state index contributed by atoms with van der Waals surface area (Å²) in [7, 11) is -2.11. The van der Waals surface area contributed by atoms with Crippen LogP contribution in [0.3, 0.4) is 0 Å². The van der Waals surface area contributed by atoms with Gasteiger partial charge in [-0.25, -0.2) is 0 Å². The molecule has 8 nitrogen and oxygen atoms in total. The summed E-state index contributed by atoms with van der Waals surface area (Å²) in [6, 6.07) is 20.6. The van der Waals surface area contributed by atoms with Gasteiger partial charge in [0.25, 0.3) is 16.1 Å². The van der Waals surface area contributed by atoms with Gasteiger partial charge in [-0.15, -0.1) is 0 Å². The Kier molecular flexibility index (Phi) is 8.35. The average Bonchev–Trinajstić information content (AvgIpc) is 2.92. The van der Waals surface area contributed by atoms with E-state index in [1.54, 1.807) is 43.8 Å². The Labute approximate surface area is 212 Å². The Morgan fingerprint density at radius 2 is 1.67 bits per heavy atom. The number of hydrogen-bond acceptors (Lipinski definition) is 5. The van der Waals surface area contributed by atoms with E-state index >= 15 is 0 Å². The third kappa shape index (κ3) is 6.48. The molecule has 0 bridgehead atoms. The number of carbonyl (C=O) groups excluding carboxylic acids is 1. The molecule has 0 radical (unpaired) electrons. The summed E-state index contributed by atoms with van der Waals surface area (Å²) >= 11 is 0. The number of hydrogen-bond donors (Lipinski definition) is 3.